The zero-order chi connectivity index (χ0) is 11.7. The summed E-state index contributed by atoms with van der Waals surface area (Å²) in [6, 6.07) is 5.17. The zero-order valence-corrected chi connectivity index (χ0v) is 8.90. The number of carbonyl (C=O) groups is 2. The van der Waals surface area contributed by atoms with Crippen molar-refractivity contribution in [1.29, 1.82) is 0 Å². The molecule has 1 unspecified atom stereocenters. The van der Waals surface area contributed by atoms with E-state index in [4.69, 9.17) is 9.84 Å². The molecule has 1 aromatic rings. The molecule has 16 heavy (non-hydrogen) atoms. The smallest absolute Gasteiger partial charge is 0.322 e. The van der Waals surface area contributed by atoms with Crippen LogP contribution in [-0.4, -0.2) is 16.9 Å². The second-order valence-electron chi connectivity index (χ2n) is 3.89. The highest BCUT2D eigenvalue weighted by atomic mass is 16.5. The number of benzene rings is 1. The largest absolute Gasteiger partial charge is 0.426 e. The van der Waals surface area contributed by atoms with Crippen molar-refractivity contribution in [3.63, 3.8) is 0 Å². The summed E-state index contributed by atoms with van der Waals surface area (Å²) < 4.78 is 5.08. The summed E-state index contributed by atoms with van der Waals surface area (Å²) in [6.45, 7) is 1.29. The first-order valence-corrected chi connectivity index (χ1v) is 5.06. The van der Waals surface area contributed by atoms with Crippen molar-refractivity contribution in [3.8, 4) is 5.75 Å². The molecule has 0 spiro atoms. The predicted octanol–water partition coefficient (Wildman–Crippen LogP) is 0.846. The highest BCUT2D eigenvalue weighted by molar-refractivity contribution is 5.99. The van der Waals surface area contributed by atoms with E-state index in [1.807, 2.05) is 0 Å². The molecule has 1 atom stereocenters. The molecule has 0 aromatic heterocycles. The fourth-order valence-corrected chi connectivity index (χ4v) is 1.75. The van der Waals surface area contributed by atoms with E-state index in [2.05, 4.69) is 0 Å². The lowest BCUT2D eigenvalue weighted by Gasteiger charge is -2.21. The van der Waals surface area contributed by atoms with Gasteiger partial charge < -0.3 is 9.84 Å². The summed E-state index contributed by atoms with van der Waals surface area (Å²) in [5.41, 5.74) is 1.52. The van der Waals surface area contributed by atoms with Gasteiger partial charge in [0.25, 0.3) is 0 Å². The van der Waals surface area contributed by atoms with Crippen LogP contribution in [0.1, 0.15) is 18.1 Å². The normalized spacial score (nSPS) is 18.9. The molecule has 4 nitrogen and oxygen atoms in total. The number of aliphatic hydroxyl groups is 1. The van der Waals surface area contributed by atoms with Gasteiger partial charge in [-0.3, -0.25) is 9.59 Å². The molecule has 0 aliphatic carbocycles. The molecule has 0 bridgehead atoms. The van der Waals surface area contributed by atoms with Gasteiger partial charge in [0.15, 0.2) is 0 Å². The number of aliphatic hydroxyl groups excluding tert-OH is 1. The predicted molar refractivity (Wildman–Crippen MR) is 55.9 cm³/mol. The molecular weight excluding hydrogens is 208 g/mol. The third-order valence-electron chi connectivity index (χ3n) is 2.72. The lowest BCUT2D eigenvalue weighted by atomic mass is 9.92. The lowest BCUT2D eigenvalue weighted by Crippen LogP contribution is -2.32. The fraction of sp³-hybridized carbons (Fsp3) is 0.333. The van der Waals surface area contributed by atoms with Crippen molar-refractivity contribution in [1.82, 2.24) is 0 Å². The third-order valence-corrected chi connectivity index (χ3v) is 2.72. The molecule has 1 heterocycles. The Kier molecular flexibility index (Phi) is 2.75. The molecule has 1 aromatic carbocycles. The molecule has 2 rings (SSSR count). The summed E-state index contributed by atoms with van der Waals surface area (Å²) in [7, 11) is 0. The number of fused-ring (bicyclic) bond motifs is 1. The number of Topliss-reactive ketones (excluding diaryl/α,β-unsaturated/α-hetero) is 1. The van der Waals surface area contributed by atoms with Gasteiger partial charge in [0, 0.05) is 0 Å². The molecule has 0 saturated heterocycles. The third kappa shape index (κ3) is 1.84. The maximum atomic E-state index is 11.5. The molecule has 0 radical (unpaired) electrons. The van der Waals surface area contributed by atoms with Gasteiger partial charge in [0.1, 0.15) is 17.5 Å². The summed E-state index contributed by atoms with van der Waals surface area (Å²) in [5.74, 6) is -0.918. The van der Waals surface area contributed by atoms with E-state index in [1.165, 1.54) is 6.92 Å². The second kappa shape index (κ2) is 4.06. The van der Waals surface area contributed by atoms with Gasteiger partial charge in [-0.15, -0.1) is 0 Å². The standard InChI is InChI=1S/C12H12O4/c1-7(14)10-5-9-3-2-8(6-13)4-11(9)16-12(10)15/h2-4,10,13H,5-6H2,1H3. The van der Waals surface area contributed by atoms with Crippen LogP contribution in [0.4, 0.5) is 0 Å². The molecule has 1 N–H and O–H groups in total. The van der Waals surface area contributed by atoms with Crippen LogP contribution in [0.2, 0.25) is 0 Å². The summed E-state index contributed by atoms with van der Waals surface area (Å²) in [4.78, 5) is 22.7. The van der Waals surface area contributed by atoms with Crippen molar-refractivity contribution in [2.75, 3.05) is 0 Å². The van der Waals surface area contributed by atoms with Crippen molar-refractivity contribution in [2.45, 2.75) is 20.0 Å². The highest BCUT2D eigenvalue weighted by Gasteiger charge is 2.31. The van der Waals surface area contributed by atoms with Gasteiger partial charge in [-0.05, 0) is 30.5 Å². The number of hydrogen-bond donors (Lipinski definition) is 1. The average molecular weight is 220 g/mol. The fourth-order valence-electron chi connectivity index (χ4n) is 1.75. The number of ether oxygens (including phenoxy) is 1. The Bertz CT molecular complexity index is 450. The quantitative estimate of drug-likeness (QED) is 0.456. The Hall–Kier alpha value is -1.68. The minimum atomic E-state index is -0.688. The first-order chi connectivity index (χ1) is 7.61. The van der Waals surface area contributed by atoms with Crippen LogP contribution in [0, 0.1) is 5.92 Å². The topological polar surface area (TPSA) is 63.6 Å². The first-order valence-electron chi connectivity index (χ1n) is 5.06. The van der Waals surface area contributed by atoms with Gasteiger partial charge >= 0.3 is 5.97 Å². The molecular formula is C12H12O4. The maximum absolute atomic E-state index is 11.5. The van der Waals surface area contributed by atoms with E-state index in [-0.39, 0.29) is 12.4 Å². The molecule has 1 aliphatic heterocycles. The van der Waals surface area contributed by atoms with Crippen molar-refractivity contribution in [2.24, 2.45) is 5.92 Å². The molecule has 4 heteroatoms. The average Bonchev–Trinajstić information content (AvgIpc) is 2.27. The molecule has 84 valence electrons. The summed E-state index contributed by atoms with van der Waals surface area (Å²) in [6.07, 6.45) is 0.384. The van der Waals surface area contributed by atoms with Crippen LogP contribution < -0.4 is 4.74 Å². The first kappa shape index (κ1) is 10.8. The van der Waals surface area contributed by atoms with Crippen molar-refractivity contribution < 1.29 is 19.4 Å². The Balaban J connectivity index is 2.35. The Morgan fingerprint density at radius 1 is 1.56 bits per heavy atom. The van der Waals surface area contributed by atoms with Crippen LogP contribution >= 0.6 is 0 Å². The van der Waals surface area contributed by atoms with Gasteiger partial charge in [-0.25, -0.2) is 0 Å². The number of esters is 1. The van der Waals surface area contributed by atoms with E-state index in [9.17, 15) is 9.59 Å². The van der Waals surface area contributed by atoms with Crippen LogP contribution in [0.3, 0.4) is 0 Å². The summed E-state index contributed by atoms with van der Waals surface area (Å²) in [5, 5.41) is 8.95. The minimum Gasteiger partial charge on any atom is -0.426 e. The van der Waals surface area contributed by atoms with Crippen LogP contribution in [-0.2, 0) is 22.6 Å². The second-order valence-corrected chi connectivity index (χ2v) is 3.89. The van der Waals surface area contributed by atoms with Crippen molar-refractivity contribution in [3.05, 3.63) is 29.3 Å². The van der Waals surface area contributed by atoms with Crippen LogP contribution in [0.5, 0.6) is 5.75 Å². The lowest BCUT2D eigenvalue weighted by molar-refractivity contribution is -0.144. The van der Waals surface area contributed by atoms with E-state index < -0.39 is 11.9 Å². The van der Waals surface area contributed by atoms with Gasteiger partial charge in [0.2, 0.25) is 0 Å². The maximum Gasteiger partial charge on any atom is 0.322 e. The number of carbonyl (C=O) groups excluding carboxylic acids is 2. The Morgan fingerprint density at radius 3 is 2.94 bits per heavy atom. The highest BCUT2D eigenvalue weighted by Crippen LogP contribution is 2.29. The van der Waals surface area contributed by atoms with E-state index in [0.717, 1.165) is 5.56 Å². The molecule has 0 amide bonds. The van der Waals surface area contributed by atoms with E-state index >= 15 is 0 Å². The minimum absolute atomic E-state index is 0.0963. The number of rotatable bonds is 2. The SMILES string of the molecule is CC(=O)C1Cc2ccc(CO)cc2OC1=O. The number of ketones is 1. The zero-order valence-electron chi connectivity index (χ0n) is 8.90. The van der Waals surface area contributed by atoms with Crippen LogP contribution in [0.25, 0.3) is 0 Å². The molecule has 1 aliphatic rings. The Labute approximate surface area is 92.8 Å². The van der Waals surface area contributed by atoms with Gasteiger partial charge in [-0.1, -0.05) is 12.1 Å². The monoisotopic (exact) mass is 220 g/mol. The van der Waals surface area contributed by atoms with Crippen molar-refractivity contribution >= 4 is 11.8 Å². The molecule has 0 fully saturated rings. The van der Waals surface area contributed by atoms with Crippen LogP contribution in [0.15, 0.2) is 18.2 Å². The number of hydrogen-bond acceptors (Lipinski definition) is 4. The van der Waals surface area contributed by atoms with E-state index in [1.54, 1.807) is 18.2 Å². The van der Waals surface area contributed by atoms with Gasteiger partial charge in [0.05, 0.1) is 6.61 Å². The Morgan fingerprint density at radius 2 is 2.31 bits per heavy atom. The van der Waals surface area contributed by atoms with Gasteiger partial charge in [-0.2, -0.15) is 0 Å². The van der Waals surface area contributed by atoms with E-state index in [0.29, 0.717) is 17.7 Å². The molecule has 0 saturated carbocycles. The summed E-state index contributed by atoms with van der Waals surface area (Å²) >= 11 is 0.